The highest BCUT2D eigenvalue weighted by Crippen LogP contribution is 2.37. The van der Waals surface area contributed by atoms with Crippen LogP contribution in [0.1, 0.15) is 74.0 Å². The molecule has 0 aromatic heterocycles. The Morgan fingerprint density at radius 3 is 2.42 bits per heavy atom. The van der Waals surface area contributed by atoms with E-state index >= 15 is 0 Å². The Balaban J connectivity index is 1.13. The third-order valence-corrected chi connectivity index (χ3v) is 7.83. The summed E-state index contributed by atoms with van der Waals surface area (Å²) >= 11 is 0. The molecule has 1 aliphatic carbocycles. The second kappa shape index (κ2) is 9.56. The fraction of sp³-hybridized carbons (Fsp3) is 0.536. The third kappa shape index (κ3) is 4.87. The van der Waals surface area contributed by atoms with E-state index < -0.39 is 0 Å². The van der Waals surface area contributed by atoms with Crippen molar-refractivity contribution in [2.75, 3.05) is 24.5 Å². The number of anilines is 1. The van der Waals surface area contributed by atoms with Gasteiger partial charge in [0.1, 0.15) is 0 Å². The van der Waals surface area contributed by atoms with Gasteiger partial charge in [-0.2, -0.15) is 0 Å². The highest BCUT2D eigenvalue weighted by Gasteiger charge is 2.29. The summed E-state index contributed by atoms with van der Waals surface area (Å²) in [5.74, 6) is 1.76. The highest BCUT2D eigenvalue weighted by atomic mass is 16.2. The van der Waals surface area contributed by atoms with Gasteiger partial charge in [-0.25, -0.2) is 0 Å². The van der Waals surface area contributed by atoms with Crippen LogP contribution in [0.5, 0.6) is 0 Å². The first-order valence-electron chi connectivity index (χ1n) is 12.5. The van der Waals surface area contributed by atoms with Crippen LogP contribution in [0.25, 0.3) is 0 Å². The average Bonchev–Trinajstić information content (AvgIpc) is 3.14. The Labute approximate surface area is 187 Å². The van der Waals surface area contributed by atoms with E-state index in [2.05, 4.69) is 58.3 Å². The van der Waals surface area contributed by atoms with Crippen molar-refractivity contribution >= 4 is 11.6 Å². The fourth-order valence-electron chi connectivity index (χ4n) is 5.92. The molecule has 3 nitrogen and oxygen atoms in total. The Hall–Kier alpha value is -2.13. The van der Waals surface area contributed by atoms with Gasteiger partial charge in [0.25, 0.3) is 0 Å². The van der Waals surface area contributed by atoms with E-state index in [0.29, 0.717) is 18.2 Å². The van der Waals surface area contributed by atoms with Crippen LogP contribution in [0.2, 0.25) is 0 Å². The van der Waals surface area contributed by atoms with Gasteiger partial charge in [0.2, 0.25) is 5.91 Å². The van der Waals surface area contributed by atoms with Crippen molar-refractivity contribution in [1.82, 2.24) is 4.90 Å². The largest absolute Gasteiger partial charge is 0.312 e. The van der Waals surface area contributed by atoms with Crippen molar-refractivity contribution < 1.29 is 4.79 Å². The molecule has 3 heteroatoms. The minimum atomic E-state index is 0.303. The molecule has 1 amide bonds. The summed E-state index contributed by atoms with van der Waals surface area (Å²) in [6, 6.07) is 17.7. The van der Waals surface area contributed by atoms with Crippen LogP contribution in [0.4, 0.5) is 5.69 Å². The van der Waals surface area contributed by atoms with Crippen LogP contribution in [0.3, 0.4) is 0 Å². The maximum absolute atomic E-state index is 12.8. The molecule has 0 spiro atoms. The molecule has 2 aliphatic heterocycles. The zero-order valence-corrected chi connectivity index (χ0v) is 18.8. The number of fused-ring (bicyclic) bond motifs is 1. The van der Waals surface area contributed by atoms with Crippen molar-refractivity contribution in [3.05, 3.63) is 65.2 Å². The standard InChI is InChI=1S/C28H36N2O/c31-28-20-26-19-25(24-9-5-2-6-10-24)11-12-27(26)30(28)18-15-22-13-16-29(17-14-22)21-23-7-3-1-4-8-23/h1,3-4,7-8,11-12,19,22,24H,2,5-6,9-10,13-18,20-21H2. The second-order valence-electron chi connectivity index (χ2n) is 9.94. The van der Waals surface area contributed by atoms with Gasteiger partial charge in [0.05, 0.1) is 6.42 Å². The molecule has 0 bridgehead atoms. The summed E-state index contributed by atoms with van der Waals surface area (Å²) in [5, 5.41) is 0. The SMILES string of the molecule is O=C1Cc2cc(C3CCCCC3)ccc2N1CCC1CCN(Cc2ccccc2)CC1. The highest BCUT2D eigenvalue weighted by molar-refractivity contribution is 6.01. The zero-order valence-electron chi connectivity index (χ0n) is 18.8. The molecule has 2 fully saturated rings. The van der Waals surface area contributed by atoms with Gasteiger partial charge in [-0.1, -0.05) is 61.7 Å². The number of hydrogen-bond acceptors (Lipinski definition) is 2. The Morgan fingerprint density at radius 2 is 1.65 bits per heavy atom. The summed E-state index contributed by atoms with van der Waals surface area (Å²) in [4.78, 5) is 17.4. The monoisotopic (exact) mass is 416 g/mol. The van der Waals surface area contributed by atoms with E-state index in [1.807, 2.05) is 0 Å². The maximum Gasteiger partial charge on any atom is 0.231 e. The van der Waals surface area contributed by atoms with Crippen molar-refractivity contribution in [3.8, 4) is 0 Å². The molecule has 1 saturated heterocycles. The normalized spacial score (nSPS) is 20.9. The maximum atomic E-state index is 12.8. The first-order valence-corrected chi connectivity index (χ1v) is 12.5. The first-order chi connectivity index (χ1) is 15.3. The van der Waals surface area contributed by atoms with Crippen LogP contribution in [0.15, 0.2) is 48.5 Å². The number of likely N-dealkylation sites (tertiary alicyclic amines) is 1. The third-order valence-electron chi connectivity index (χ3n) is 7.83. The van der Waals surface area contributed by atoms with Gasteiger partial charge in [-0.05, 0) is 79.8 Å². The lowest BCUT2D eigenvalue weighted by molar-refractivity contribution is -0.117. The first kappa shape index (κ1) is 20.8. The number of piperidine rings is 1. The minimum absolute atomic E-state index is 0.303. The Bertz CT molecular complexity index is 879. The molecule has 1 saturated carbocycles. The van der Waals surface area contributed by atoms with Crippen molar-refractivity contribution in [3.63, 3.8) is 0 Å². The number of benzene rings is 2. The fourth-order valence-corrected chi connectivity index (χ4v) is 5.92. The zero-order chi connectivity index (χ0) is 21.0. The molecule has 3 aliphatic rings. The molecular formula is C28H36N2O. The number of rotatable bonds is 6. The van der Waals surface area contributed by atoms with Gasteiger partial charge >= 0.3 is 0 Å². The molecule has 164 valence electrons. The number of hydrogen-bond donors (Lipinski definition) is 0. The van der Waals surface area contributed by atoms with E-state index in [9.17, 15) is 4.79 Å². The quantitative estimate of drug-likeness (QED) is 0.583. The van der Waals surface area contributed by atoms with Crippen molar-refractivity contribution in [1.29, 1.82) is 0 Å². The average molecular weight is 417 g/mol. The lowest BCUT2D eigenvalue weighted by Gasteiger charge is -2.32. The van der Waals surface area contributed by atoms with Crippen molar-refractivity contribution in [2.24, 2.45) is 5.92 Å². The molecule has 0 N–H and O–H groups in total. The van der Waals surface area contributed by atoms with E-state index in [0.717, 1.165) is 25.4 Å². The summed E-state index contributed by atoms with van der Waals surface area (Å²) in [7, 11) is 0. The van der Waals surface area contributed by atoms with E-state index in [1.165, 1.54) is 80.4 Å². The second-order valence-corrected chi connectivity index (χ2v) is 9.94. The van der Waals surface area contributed by atoms with Crippen molar-refractivity contribution in [2.45, 2.75) is 70.3 Å². The lowest BCUT2D eigenvalue weighted by atomic mass is 9.83. The van der Waals surface area contributed by atoms with Crippen LogP contribution >= 0.6 is 0 Å². The number of carbonyl (C=O) groups is 1. The van der Waals surface area contributed by atoms with E-state index in [-0.39, 0.29) is 0 Å². The van der Waals surface area contributed by atoms with Crippen LogP contribution < -0.4 is 4.90 Å². The Morgan fingerprint density at radius 1 is 0.871 bits per heavy atom. The Kier molecular flexibility index (Phi) is 6.40. The molecule has 0 unspecified atom stereocenters. The minimum Gasteiger partial charge on any atom is -0.312 e. The van der Waals surface area contributed by atoms with Gasteiger partial charge < -0.3 is 4.90 Å². The van der Waals surface area contributed by atoms with Crippen LogP contribution in [-0.4, -0.2) is 30.4 Å². The van der Waals surface area contributed by atoms with Crippen LogP contribution in [0, 0.1) is 5.92 Å². The predicted octanol–water partition coefficient (Wildman–Crippen LogP) is 5.93. The number of amides is 1. The van der Waals surface area contributed by atoms with Gasteiger partial charge in [0.15, 0.2) is 0 Å². The summed E-state index contributed by atoms with van der Waals surface area (Å²) < 4.78 is 0. The molecule has 0 atom stereocenters. The summed E-state index contributed by atoms with van der Waals surface area (Å²) in [5.41, 5.74) is 5.34. The van der Waals surface area contributed by atoms with Crippen LogP contribution in [-0.2, 0) is 17.8 Å². The molecule has 2 aromatic carbocycles. The lowest BCUT2D eigenvalue weighted by Crippen LogP contribution is -2.35. The van der Waals surface area contributed by atoms with E-state index in [1.54, 1.807) is 0 Å². The number of nitrogens with zero attached hydrogens (tertiary/aromatic N) is 2. The van der Waals surface area contributed by atoms with Gasteiger partial charge in [0, 0.05) is 18.8 Å². The molecule has 31 heavy (non-hydrogen) atoms. The van der Waals surface area contributed by atoms with Gasteiger partial charge in [-0.3, -0.25) is 9.69 Å². The smallest absolute Gasteiger partial charge is 0.231 e. The molecule has 5 rings (SSSR count). The van der Waals surface area contributed by atoms with E-state index in [4.69, 9.17) is 0 Å². The topological polar surface area (TPSA) is 23.6 Å². The molecule has 2 aromatic rings. The summed E-state index contributed by atoms with van der Waals surface area (Å²) in [6.45, 7) is 4.30. The number of carbonyl (C=O) groups excluding carboxylic acids is 1. The molecule has 0 radical (unpaired) electrons. The predicted molar refractivity (Wildman–Crippen MR) is 127 cm³/mol. The molecule has 2 heterocycles. The van der Waals surface area contributed by atoms with Gasteiger partial charge in [-0.15, -0.1) is 0 Å². The molecular weight excluding hydrogens is 380 g/mol. The summed E-state index contributed by atoms with van der Waals surface area (Å²) in [6.07, 6.45) is 11.0.